The Labute approximate surface area is 96.4 Å². The van der Waals surface area contributed by atoms with Gasteiger partial charge in [0.25, 0.3) is 0 Å². The van der Waals surface area contributed by atoms with Crippen LogP contribution in [0.2, 0.25) is 0 Å². The molecule has 0 spiro atoms. The second-order valence-electron chi connectivity index (χ2n) is 3.91. The van der Waals surface area contributed by atoms with Gasteiger partial charge in [-0.25, -0.2) is 8.78 Å². The SMILES string of the molecule is CN1c2c(F)cc(F)cc2OCC1CC(=O)O. The molecule has 0 amide bonds. The average Bonchev–Trinajstić information content (AvgIpc) is 2.20. The molecule has 1 heterocycles. The fourth-order valence-electron chi connectivity index (χ4n) is 1.87. The van der Waals surface area contributed by atoms with Gasteiger partial charge in [0.05, 0.1) is 12.5 Å². The first kappa shape index (κ1) is 11.6. The lowest BCUT2D eigenvalue weighted by molar-refractivity contribution is -0.137. The Bertz CT molecular complexity index is 464. The van der Waals surface area contributed by atoms with Gasteiger partial charge in [0.1, 0.15) is 23.9 Å². The van der Waals surface area contributed by atoms with Crippen LogP contribution in [0.1, 0.15) is 6.42 Å². The summed E-state index contributed by atoms with van der Waals surface area (Å²) in [4.78, 5) is 12.1. The number of carboxylic acids is 1. The van der Waals surface area contributed by atoms with Crippen LogP contribution in [0.5, 0.6) is 5.75 Å². The Morgan fingerprint density at radius 1 is 1.59 bits per heavy atom. The van der Waals surface area contributed by atoms with Gasteiger partial charge >= 0.3 is 5.97 Å². The smallest absolute Gasteiger partial charge is 0.305 e. The third-order valence-electron chi connectivity index (χ3n) is 2.74. The predicted octanol–water partition coefficient (Wildman–Crippen LogP) is 1.64. The van der Waals surface area contributed by atoms with E-state index < -0.39 is 23.6 Å². The monoisotopic (exact) mass is 243 g/mol. The molecule has 0 radical (unpaired) electrons. The zero-order valence-corrected chi connectivity index (χ0v) is 9.11. The number of carboxylic acid groups (broad SMARTS) is 1. The fourth-order valence-corrected chi connectivity index (χ4v) is 1.87. The summed E-state index contributed by atoms with van der Waals surface area (Å²) in [7, 11) is 1.57. The predicted molar refractivity (Wildman–Crippen MR) is 56.3 cm³/mol. The third kappa shape index (κ3) is 2.15. The molecule has 1 aromatic carbocycles. The number of hydrogen-bond acceptors (Lipinski definition) is 3. The molecule has 0 saturated carbocycles. The largest absolute Gasteiger partial charge is 0.489 e. The highest BCUT2D eigenvalue weighted by atomic mass is 19.1. The normalized spacial score (nSPS) is 18.5. The van der Waals surface area contributed by atoms with Gasteiger partial charge in [-0.05, 0) is 0 Å². The van der Waals surface area contributed by atoms with E-state index in [2.05, 4.69) is 0 Å². The minimum Gasteiger partial charge on any atom is -0.489 e. The number of rotatable bonds is 2. The summed E-state index contributed by atoms with van der Waals surface area (Å²) in [5, 5.41) is 8.71. The number of ether oxygens (including phenoxy) is 1. The summed E-state index contributed by atoms with van der Waals surface area (Å²) >= 11 is 0. The molecule has 1 atom stereocenters. The maximum Gasteiger partial charge on any atom is 0.305 e. The third-order valence-corrected chi connectivity index (χ3v) is 2.74. The standard InChI is InChI=1S/C11H11F2NO3/c1-14-7(4-10(15)16)5-17-9-3-6(12)2-8(13)11(9)14/h2-3,7H,4-5H2,1H3,(H,15,16). The van der Waals surface area contributed by atoms with Crippen LogP contribution in [-0.2, 0) is 4.79 Å². The van der Waals surface area contributed by atoms with Gasteiger partial charge < -0.3 is 14.7 Å². The van der Waals surface area contributed by atoms with Gasteiger partial charge in [-0.15, -0.1) is 0 Å². The molecule has 0 saturated heterocycles. The van der Waals surface area contributed by atoms with Gasteiger partial charge in [-0.3, -0.25) is 4.79 Å². The molecule has 0 bridgehead atoms. The Balaban J connectivity index is 2.35. The summed E-state index contributed by atoms with van der Waals surface area (Å²) in [5.74, 6) is -2.35. The van der Waals surface area contributed by atoms with E-state index in [1.54, 1.807) is 7.05 Å². The van der Waals surface area contributed by atoms with Crippen LogP contribution in [0.15, 0.2) is 12.1 Å². The fraction of sp³-hybridized carbons (Fsp3) is 0.364. The topological polar surface area (TPSA) is 49.8 Å². The van der Waals surface area contributed by atoms with Crippen LogP contribution in [0, 0.1) is 11.6 Å². The molecule has 92 valence electrons. The molecule has 1 aliphatic rings. The molecule has 0 aliphatic carbocycles. The summed E-state index contributed by atoms with van der Waals surface area (Å²) in [6.07, 6.45) is -0.160. The lowest BCUT2D eigenvalue weighted by Crippen LogP contribution is -2.42. The molecule has 2 rings (SSSR count). The number of likely N-dealkylation sites (N-methyl/N-ethyl adjacent to an activating group) is 1. The van der Waals surface area contributed by atoms with E-state index in [-0.39, 0.29) is 24.5 Å². The molecule has 0 fully saturated rings. The van der Waals surface area contributed by atoms with Crippen LogP contribution < -0.4 is 9.64 Å². The van der Waals surface area contributed by atoms with E-state index in [4.69, 9.17) is 9.84 Å². The first-order valence-electron chi connectivity index (χ1n) is 5.05. The Kier molecular flexibility index (Phi) is 2.87. The van der Waals surface area contributed by atoms with Gasteiger partial charge in [-0.2, -0.15) is 0 Å². The molecule has 0 aromatic heterocycles. The molecule has 1 aromatic rings. The Morgan fingerprint density at radius 2 is 2.29 bits per heavy atom. The summed E-state index contributed by atoms with van der Waals surface area (Å²) in [6.45, 7) is 0.0959. The number of carbonyl (C=O) groups is 1. The van der Waals surface area contributed by atoms with E-state index in [9.17, 15) is 13.6 Å². The van der Waals surface area contributed by atoms with E-state index >= 15 is 0 Å². The number of anilines is 1. The Morgan fingerprint density at radius 3 is 2.94 bits per heavy atom. The van der Waals surface area contributed by atoms with Crippen molar-refractivity contribution in [3.63, 3.8) is 0 Å². The van der Waals surface area contributed by atoms with E-state index in [1.807, 2.05) is 0 Å². The second kappa shape index (κ2) is 4.20. The minimum absolute atomic E-state index is 0.0959. The maximum absolute atomic E-state index is 13.6. The Hall–Kier alpha value is -1.85. The van der Waals surface area contributed by atoms with Crippen molar-refractivity contribution in [2.75, 3.05) is 18.6 Å². The highest BCUT2D eigenvalue weighted by Gasteiger charge is 2.29. The van der Waals surface area contributed by atoms with Crippen molar-refractivity contribution >= 4 is 11.7 Å². The van der Waals surface area contributed by atoms with Gasteiger partial charge in [0.2, 0.25) is 0 Å². The van der Waals surface area contributed by atoms with Crippen LogP contribution in [-0.4, -0.2) is 30.8 Å². The first-order valence-corrected chi connectivity index (χ1v) is 5.05. The number of nitrogens with zero attached hydrogens (tertiary/aromatic N) is 1. The lowest BCUT2D eigenvalue weighted by Gasteiger charge is -2.35. The molecular formula is C11H11F2NO3. The zero-order valence-electron chi connectivity index (χ0n) is 9.11. The van der Waals surface area contributed by atoms with Crippen molar-refractivity contribution in [2.24, 2.45) is 0 Å². The molecule has 6 heteroatoms. The second-order valence-corrected chi connectivity index (χ2v) is 3.91. The number of hydrogen-bond donors (Lipinski definition) is 1. The molecule has 1 unspecified atom stereocenters. The van der Waals surface area contributed by atoms with Crippen LogP contribution in [0.3, 0.4) is 0 Å². The summed E-state index contributed by atoms with van der Waals surface area (Å²) < 4.78 is 31.7. The van der Waals surface area contributed by atoms with Crippen molar-refractivity contribution in [2.45, 2.75) is 12.5 Å². The number of aliphatic carboxylic acids is 1. The lowest BCUT2D eigenvalue weighted by atomic mass is 10.1. The average molecular weight is 243 g/mol. The van der Waals surface area contributed by atoms with Crippen LogP contribution in [0.4, 0.5) is 14.5 Å². The van der Waals surface area contributed by atoms with Crippen molar-refractivity contribution in [1.29, 1.82) is 0 Å². The maximum atomic E-state index is 13.6. The molecular weight excluding hydrogens is 232 g/mol. The van der Waals surface area contributed by atoms with Crippen molar-refractivity contribution < 1.29 is 23.4 Å². The first-order chi connectivity index (χ1) is 7.99. The minimum atomic E-state index is -0.989. The highest BCUT2D eigenvalue weighted by Crippen LogP contribution is 2.36. The summed E-state index contributed by atoms with van der Waals surface area (Å²) in [6, 6.07) is 1.38. The quantitative estimate of drug-likeness (QED) is 0.857. The van der Waals surface area contributed by atoms with E-state index in [0.717, 1.165) is 12.1 Å². The van der Waals surface area contributed by atoms with Crippen LogP contribution >= 0.6 is 0 Å². The van der Waals surface area contributed by atoms with E-state index in [1.165, 1.54) is 4.90 Å². The van der Waals surface area contributed by atoms with Gasteiger partial charge in [0, 0.05) is 19.2 Å². The van der Waals surface area contributed by atoms with E-state index in [0.29, 0.717) is 0 Å². The molecule has 1 aliphatic heterocycles. The highest BCUT2D eigenvalue weighted by molar-refractivity contribution is 5.70. The van der Waals surface area contributed by atoms with Gasteiger partial charge in [-0.1, -0.05) is 0 Å². The van der Waals surface area contributed by atoms with Crippen molar-refractivity contribution in [1.82, 2.24) is 0 Å². The van der Waals surface area contributed by atoms with Crippen molar-refractivity contribution in [3.8, 4) is 5.75 Å². The summed E-state index contributed by atoms with van der Waals surface area (Å²) in [5.41, 5.74) is 0.101. The zero-order chi connectivity index (χ0) is 12.6. The number of fused-ring (bicyclic) bond motifs is 1. The van der Waals surface area contributed by atoms with Gasteiger partial charge in [0.15, 0.2) is 5.82 Å². The molecule has 17 heavy (non-hydrogen) atoms. The molecule has 4 nitrogen and oxygen atoms in total. The molecule has 1 N–H and O–H groups in total. The number of halogens is 2. The number of benzene rings is 1. The van der Waals surface area contributed by atoms with Crippen LogP contribution in [0.25, 0.3) is 0 Å². The van der Waals surface area contributed by atoms with Crippen molar-refractivity contribution in [3.05, 3.63) is 23.8 Å².